The minimum atomic E-state index is -4.79. The van der Waals surface area contributed by atoms with Crippen LogP contribution in [0.15, 0.2) is 65.7 Å². The molecule has 20 nitrogen and oxygen atoms in total. The number of hydrogen-bond acceptors (Lipinski definition) is 12. The van der Waals surface area contributed by atoms with Crippen LogP contribution in [0, 0.1) is 5.92 Å². The van der Waals surface area contributed by atoms with Crippen molar-refractivity contribution in [2.45, 2.75) is 154 Å². The fraction of sp³-hybridized carbons (Fsp3) is 0.596. The number of amides is 6. The van der Waals surface area contributed by atoms with Crippen molar-refractivity contribution < 1.29 is 56.8 Å². The van der Waals surface area contributed by atoms with Crippen LogP contribution >= 0.6 is 7.82 Å². The van der Waals surface area contributed by atoms with Crippen molar-refractivity contribution in [3.05, 3.63) is 78.3 Å². The topological polar surface area (TPSA) is 287 Å². The molecular formula is C47H71N8O12P. The Labute approximate surface area is 398 Å². The number of aliphatic hydroxyl groups is 1. The highest BCUT2D eigenvalue weighted by Crippen LogP contribution is 2.45. The smallest absolute Gasteiger partial charge is 0.469 e. The molecule has 21 heteroatoms. The van der Waals surface area contributed by atoms with Gasteiger partial charge in [-0.25, -0.2) is 9.55 Å². The van der Waals surface area contributed by atoms with Crippen molar-refractivity contribution in [2.24, 2.45) is 11.7 Å². The van der Waals surface area contributed by atoms with E-state index < -0.39 is 80.3 Å². The van der Waals surface area contributed by atoms with Crippen LogP contribution in [-0.4, -0.2) is 116 Å². The molecule has 1 fully saturated rings. The Hall–Kier alpha value is -5.40. The van der Waals surface area contributed by atoms with Crippen molar-refractivity contribution in [1.82, 2.24) is 35.7 Å². The second-order valence-corrected chi connectivity index (χ2v) is 19.1. The first kappa shape index (κ1) is 55.2. The van der Waals surface area contributed by atoms with Crippen molar-refractivity contribution in [2.75, 3.05) is 19.8 Å². The van der Waals surface area contributed by atoms with Gasteiger partial charge in [0.1, 0.15) is 36.0 Å². The number of aromatic nitrogens is 2. The highest BCUT2D eigenvalue weighted by Gasteiger charge is 2.37. The number of nitrogens with one attached hydrogen (secondary N) is 4. The van der Waals surface area contributed by atoms with Crippen LogP contribution in [0.4, 0.5) is 0 Å². The third-order valence-electron chi connectivity index (χ3n) is 11.7. The maximum Gasteiger partial charge on any atom is 0.472 e. The number of unbranched alkanes of at least 4 members (excludes halogenated alkanes) is 5. The number of piperidine rings is 1. The van der Waals surface area contributed by atoms with Crippen molar-refractivity contribution >= 4 is 43.3 Å². The number of carbonyl (C=O) groups excluding carboxylic acids is 6. The van der Waals surface area contributed by atoms with Gasteiger partial charge in [-0.1, -0.05) is 69.9 Å². The quantitative estimate of drug-likeness (QED) is 0.0374. The molecule has 6 amide bonds. The predicted molar refractivity (Wildman–Crippen MR) is 251 cm³/mol. The lowest BCUT2D eigenvalue weighted by Gasteiger charge is -2.35. The summed E-state index contributed by atoms with van der Waals surface area (Å²) in [5.41, 5.74) is 7.46. The molecule has 3 aromatic rings. The number of carbonyl (C=O) groups is 6. The van der Waals surface area contributed by atoms with Gasteiger partial charge in [-0.05, 0) is 75.5 Å². The molecule has 3 heterocycles. The number of nitrogens with zero attached hydrogens (tertiary/aromatic N) is 3. The van der Waals surface area contributed by atoms with Crippen LogP contribution in [0.3, 0.4) is 0 Å². The first-order chi connectivity index (χ1) is 32.5. The van der Waals surface area contributed by atoms with Gasteiger partial charge in [0.2, 0.25) is 35.4 Å². The highest BCUT2D eigenvalue weighted by atomic mass is 31.2. The first-order valence-corrected chi connectivity index (χ1v) is 25.1. The number of imidazole rings is 1. The zero-order valence-corrected chi connectivity index (χ0v) is 40.6. The summed E-state index contributed by atoms with van der Waals surface area (Å²) < 4.78 is 29.9. The minimum absolute atomic E-state index is 0.0843. The molecule has 1 aliphatic heterocycles. The maximum atomic E-state index is 14.2. The normalized spacial score (nSPS) is 17.0. The second kappa shape index (κ2) is 28.2. The Kier molecular flexibility index (Phi) is 22.9. The molecule has 68 heavy (non-hydrogen) atoms. The van der Waals surface area contributed by atoms with E-state index in [1.54, 1.807) is 24.7 Å². The summed E-state index contributed by atoms with van der Waals surface area (Å²) in [7, 11) is -4.79. The summed E-state index contributed by atoms with van der Waals surface area (Å²) in [6.45, 7) is 6.06. The number of aliphatic hydroxyl groups excluding tert-OH is 1. The number of nitrogens with two attached hydrogens (primary N) is 1. The van der Waals surface area contributed by atoms with Gasteiger partial charge in [0, 0.05) is 44.7 Å². The lowest BCUT2D eigenvalue weighted by molar-refractivity contribution is -0.142. The third-order valence-corrected chi connectivity index (χ3v) is 12.8. The number of rotatable bonds is 30. The molecule has 4 rings (SSSR count). The van der Waals surface area contributed by atoms with E-state index in [0.29, 0.717) is 31.0 Å². The summed E-state index contributed by atoms with van der Waals surface area (Å²) in [6, 6.07) is 6.95. The lowest BCUT2D eigenvalue weighted by atomic mass is 9.98. The Bertz CT molecular complexity index is 2100. The number of benzene rings is 1. The van der Waals surface area contributed by atoms with Gasteiger partial charge in [0.25, 0.3) is 0 Å². The lowest BCUT2D eigenvalue weighted by Crippen LogP contribution is -2.61. The molecule has 1 aromatic carbocycles. The number of phosphoric ester groups is 1. The zero-order chi connectivity index (χ0) is 49.6. The number of likely N-dealkylation sites (tertiary alicyclic amines) is 1. The summed E-state index contributed by atoms with van der Waals surface area (Å²) >= 11 is 0. The van der Waals surface area contributed by atoms with Gasteiger partial charge in [-0.2, -0.15) is 0 Å². The molecule has 2 aromatic heterocycles. The number of primary amides is 1. The number of hydrogen-bond donors (Lipinski definition) is 7. The van der Waals surface area contributed by atoms with Gasteiger partial charge in [-0.3, -0.25) is 37.8 Å². The van der Waals surface area contributed by atoms with E-state index in [-0.39, 0.29) is 37.7 Å². The molecule has 1 saturated heterocycles. The highest BCUT2D eigenvalue weighted by molar-refractivity contribution is 7.47. The minimum Gasteiger partial charge on any atom is -0.469 e. The maximum absolute atomic E-state index is 14.2. The molecule has 0 aliphatic carbocycles. The van der Waals surface area contributed by atoms with Crippen LogP contribution in [0.2, 0.25) is 0 Å². The second-order valence-electron chi connectivity index (χ2n) is 17.7. The predicted octanol–water partition coefficient (Wildman–Crippen LogP) is 3.23. The Morgan fingerprint density at radius 3 is 2.21 bits per heavy atom. The van der Waals surface area contributed by atoms with Crippen LogP contribution in [0.25, 0.3) is 0 Å². The van der Waals surface area contributed by atoms with Crippen molar-refractivity contribution in [3.8, 4) is 0 Å². The fourth-order valence-electron chi connectivity index (χ4n) is 8.08. The Morgan fingerprint density at radius 1 is 0.868 bits per heavy atom. The fourth-order valence-corrected chi connectivity index (χ4v) is 9.01. The summed E-state index contributed by atoms with van der Waals surface area (Å²) in [6.07, 6.45) is 12.4. The molecule has 0 radical (unpaired) electrons. The average Bonchev–Trinajstić information content (AvgIpc) is 3.99. The van der Waals surface area contributed by atoms with Gasteiger partial charge >= 0.3 is 7.82 Å². The Morgan fingerprint density at radius 2 is 1.54 bits per heavy atom. The van der Waals surface area contributed by atoms with Crippen molar-refractivity contribution in [1.29, 1.82) is 0 Å². The van der Waals surface area contributed by atoms with Gasteiger partial charge in [0.05, 0.1) is 31.9 Å². The van der Waals surface area contributed by atoms with E-state index in [1.807, 2.05) is 36.6 Å². The largest absolute Gasteiger partial charge is 0.472 e. The average molecular weight is 971 g/mol. The molecule has 0 bridgehead atoms. The van der Waals surface area contributed by atoms with E-state index in [9.17, 15) is 43.3 Å². The van der Waals surface area contributed by atoms with Crippen LogP contribution in [-0.2, 0) is 68.2 Å². The summed E-state index contributed by atoms with van der Waals surface area (Å²) in [5, 5.41) is 20.7. The van der Waals surface area contributed by atoms with Crippen LogP contribution in [0.5, 0.6) is 0 Å². The first-order valence-electron chi connectivity index (χ1n) is 23.6. The summed E-state index contributed by atoms with van der Waals surface area (Å²) in [5.74, 6) is -4.21. The van der Waals surface area contributed by atoms with Gasteiger partial charge in [-0.15, -0.1) is 0 Å². The standard InChI is InChI=1S/C47H71N8O12P/c1-32(2)27-38(51-47(62)41-21-13-15-24-55(41)34(4)57)44(59)50-39(28-36-29-49-31-54(36)23-14-8-6-5-7-10-17-35-18-11-9-12-19-35)45(60)52-40(30-56)46(61)53-42(43(48)58)33(3)67-68(63,64)66-26-22-37-20-16-25-65-37/h9,11-12,16,18-20,25,29,31-33,38-42,56H,5-8,10,13-15,17,21-24,26-28,30H2,1-4H3,(H2,48,58)(H,50,59)(H,51,62)(H,52,60)(H,53,61)(H,63,64)/t33-,38+,39+,40+,41?,42+/m1/s1. The monoisotopic (exact) mass is 970 g/mol. The van der Waals surface area contributed by atoms with Gasteiger partial charge < -0.3 is 50.9 Å². The zero-order valence-electron chi connectivity index (χ0n) is 39.7. The van der Waals surface area contributed by atoms with E-state index >= 15 is 0 Å². The number of aryl methyl sites for hydroxylation is 2. The van der Waals surface area contributed by atoms with E-state index in [2.05, 4.69) is 38.4 Å². The number of phosphoric acid groups is 1. The molecule has 8 N–H and O–H groups in total. The number of furan rings is 1. The summed E-state index contributed by atoms with van der Waals surface area (Å²) in [4.78, 5) is 96.7. The SMILES string of the molecule is CC(=O)N1CCCCC1C(=O)N[C@@H](CC(C)C)C(=O)N[C@@H](Cc1cncn1CCCCCCCCc1ccccc1)C(=O)N[C@@H](CO)C(=O)N[C@H](C(N)=O)[C@@H](C)OP(=O)(O)OCCc1ccco1. The molecular weight excluding hydrogens is 900 g/mol. The van der Waals surface area contributed by atoms with Crippen LogP contribution < -0.4 is 27.0 Å². The molecule has 1 aliphatic rings. The molecule has 2 unspecified atom stereocenters. The van der Waals surface area contributed by atoms with Crippen LogP contribution in [0.1, 0.15) is 109 Å². The molecule has 0 spiro atoms. The molecule has 376 valence electrons. The van der Waals surface area contributed by atoms with Gasteiger partial charge in [0.15, 0.2) is 0 Å². The Balaban J connectivity index is 1.46. The van der Waals surface area contributed by atoms with E-state index in [1.165, 1.54) is 30.6 Å². The van der Waals surface area contributed by atoms with E-state index in [0.717, 1.165) is 57.8 Å². The third kappa shape index (κ3) is 18.6. The van der Waals surface area contributed by atoms with Crippen molar-refractivity contribution in [3.63, 3.8) is 0 Å². The molecule has 0 saturated carbocycles. The van der Waals surface area contributed by atoms with E-state index in [4.69, 9.17) is 19.2 Å². The molecule has 7 atom stereocenters.